The van der Waals surface area contributed by atoms with E-state index in [9.17, 15) is 4.79 Å². The average Bonchev–Trinajstić information content (AvgIpc) is 3.17. The molecule has 2 aliphatic rings. The van der Waals surface area contributed by atoms with Gasteiger partial charge in [0.25, 0.3) is 0 Å². The summed E-state index contributed by atoms with van der Waals surface area (Å²) in [5, 5.41) is 12.8. The highest BCUT2D eigenvalue weighted by molar-refractivity contribution is 6.29. The zero-order valence-electron chi connectivity index (χ0n) is 9.90. The molecule has 2 aliphatic carbocycles. The molecule has 0 aliphatic heterocycles. The monoisotopic (exact) mass is 266 g/mol. The number of hydrogen-bond acceptors (Lipinski definition) is 3. The average molecular weight is 267 g/mol. The molecule has 5 heteroatoms. The molecule has 0 radical (unpaired) electrons. The molecule has 1 heterocycles. The Bertz CT molecular complexity index is 472. The third-order valence-corrected chi connectivity index (χ3v) is 3.87. The summed E-state index contributed by atoms with van der Waals surface area (Å²) in [4.78, 5) is 15.3. The highest BCUT2D eigenvalue weighted by atomic mass is 35.5. The van der Waals surface area contributed by atoms with Crippen molar-refractivity contribution in [1.29, 1.82) is 0 Å². The molecule has 0 atom stereocenters. The molecule has 18 heavy (non-hydrogen) atoms. The van der Waals surface area contributed by atoms with E-state index in [1.54, 1.807) is 0 Å². The summed E-state index contributed by atoms with van der Waals surface area (Å²) in [6.45, 7) is 0. The maximum absolute atomic E-state index is 11.2. The van der Waals surface area contributed by atoms with E-state index in [4.69, 9.17) is 16.7 Å². The highest BCUT2D eigenvalue weighted by Crippen LogP contribution is 2.46. The number of anilines is 1. The smallest absolute Gasteiger partial charge is 0.339 e. The second kappa shape index (κ2) is 4.43. The van der Waals surface area contributed by atoms with Gasteiger partial charge in [-0.05, 0) is 49.7 Å². The molecule has 0 amide bonds. The van der Waals surface area contributed by atoms with Crippen LogP contribution in [0.1, 0.15) is 36.0 Å². The van der Waals surface area contributed by atoms with E-state index < -0.39 is 5.97 Å². The quantitative estimate of drug-likeness (QED) is 0.804. The summed E-state index contributed by atoms with van der Waals surface area (Å²) in [7, 11) is 0. The van der Waals surface area contributed by atoms with Crippen LogP contribution in [-0.4, -0.2) is 22.1 Å². The normalized spacial score (nSPS) is 19.0. The van der Waals surface area contributed by atoms with Crippen molar-refractivity contribution in [3.8, 4) is 0 Å². The minimum absolute atomic E-state index is 0.200. The van der Waals surface area contributed by atoms with Crippen molar-refractivity contribution in [2.45, 2.75) is 31.7 Å². The number of halogens is 1. The number of carboxylic acids is 1. The van der Waals surface area contributed by atoms with Crippen LogP contribution in [0.2, 0.25) is 5.15 Å². The molecule has 4 nitrogen and oxygen atoms in total. The lowest BCUT2D eigenvalue weighted by Gasteiger charge is -2.19. The van der Waals surface area contributed by atoms with Gasteiger partial charge < -0.3 is 10.4 Å². The lowest BCUT2D eigenvalue weighted by atomic mass is 10.1. The number of rotatable bonds is 5. The topological polar surface area (TPSA) is 62.2 Å². The van der Waals surface area contributed by atoms with E-state index >= 15 is 0 Å². The number of aromatic carboxylic acids is 1. The van der Waals surface area contributed by atoms with E-state index in [0.717, 1.165) is 0 Å². The molecular formula is C13H15ClN2O2. The number of hydrogen-bond donors (Lipinski definition) is 2. The maximum atomic E-state index is 11.2. The van der Waals surface area contributed by atoms with Crippen LogP contribution >= 0.6 is 11.6 Å². The minimum Gasteiger partial charge on any atom is -0.478 e. The lowest BCUT2D eigenvalue weighted by molar-refractivity contribution is 0.0697. The Hall–Kier alpha value is -1.29. The van der Waals surface area contributed by atoms with Gasteiger partial charge in [0.15, 0.2) is 0 Å². The fourth-order valence-corrected chi connectivity index (χ4v) is 2.55. The first-order valence-corrected chi connectivity index (χ1v) is 6.69. The van der Waals surface area contributed by atoms with Crippen LogP contribution in [0, 0.1) is 11.8 Å². The summed E-state index contributed by atoms with van der Waals surface area (Å²) < 4.78 is 0. The molecule has 2 N–H and O–H groups in total. The predicted molar refractivity (Wildman–Crippen MR) is 69.1 cm³/mol. The Kier molecular flexibility index (Phi) is 2.90. The van der Waals surface area contributed by atoms with E-state index in [0.29, 0.717) is 28.8 Å². The second-order valence-electron chi connectivity index (χ2n) is 5.18. The molecule has 3 rings (SSSR count). The molecular weight excluding hydrogens is 252 g/mol. The van der Waals surface area contributed by atoms with Crippen molar-refractivity contribution in [3.05, 3.63) is 22.8 Å². The Morgan fingerprint density at radius 1 is 1.33 bits per heavy atom. The van der Waals surface area contributed by atoms with Crippen molar-refractivity contribution in [2.24, 2.45) is 11.8 Å². The summed E-state index contributed by atoms with van der Waals surface area (Å²) in [6.07, 6.45) is 4.93. The van der Waals surface area contributed by atoms with E-state index in [1.165, 1.54) is 37.8 Å². The van der Waals surface area contributed by atoms with Gasteiger partial charge in [-0.25, -0.2) is 9.78 Å². The molecule has 2 fully saturated rings. The molecule has 96 valence electrons. The lowest BCUT2D eigenvalue weighted by Crippen LogP contribution is -2.26. The van der Waals surface area contributed by atoms with Gasteiger partial charge in [-0.15, -0.1) is 0 Å². The van der Waals surface area contributed by atoms with Crippen molar-refractivity contribution >= 4 is 23.4 Å². The van der Waals surface area contributed by atoms with E-state index in [2.05, 4.69) is 10.3 Å². The molecule has 1 aromatic rings. The first-order chi connectivity index (χ1) is 8.65. The third kappa shape index (κ3) is 2.43. The number of carboxylic acid groups (broad SMARTS) is 1. The molecule has 0 bridgehead atoms. The van der Waals surface area contributed by atoms with Gasteiger partial charge >= 0.3 is 5.97 Å². The Morgan fingerprint density at radius 2 is 1.94 bits per heavy atom. The molecule has 2 saturated carbocycles. The van der Waals surface area contributed by atoms with E-state index in [1.807, 2.05) is 0 Å². The Labute approximate surface area is 110 Å². The van der Waals surface area contributed by atoms with Crippen LogP contribution in [-0.2, 0) is 0 Å². The maximum Gasteiger partial charge on any atom is 0.339 e. The summed E-state index contributed by atoms with van der Waals surface area (Å²) in [6, 6.07) is 3.39. The molecule has 0 aromatic carbocycles. The van der Waals surface area contributed by atoms with Crippen LogP contribution < -0.4 is 5.32 Å². The zero-order valence-corrected chi connectivity index (χ0v) is 10.7. The summed E-state index contributed by atoms with van der Waals surface area (Å²) in [5.74, 6) is 0.811. The van der Waals surface area contributed by atoms with Crippen molar-refractivity contribution in [2.75, 3.05) is 5.32 Å². The molecule has 1 aromatic heterocycles. The first-order valence-electron chi connectivity index (χ1n) is 6.31. The highest BCUT2D eigenvalue weighted by Gasteiger charge is 2.42. The number of pyridine rings is 1. The predicted octanol–water partition coefficient (Wildman–Crippen LogP) is 3.03. The van der Waals surface area contributed by atoms with Gasteiger partial charge in [0.05, 0.1) is 0 Å². The van der Waals surface area contributed by atoms with Crippen LogP contribution in [0.15, 0.2) is 12.1 Å². The number of nitrogens with zero attached hydrogens (tertiary/aromatic N) is 1. The SMILES string of the molecule is O=C(O)c1ccc(Cl)nc1NC(C1CC1)C1CC1. The molecule has 0 saturated heterocycles. The van der Waals surface area contributed by atoms with Crippen molar-refractivity contribution in [3.63, 3.8) is 0 Å². The Balaban J connectivity index is 1.85. The van der Waals surface area contributed by atoms with Gasteiger partial charge in [-0.3, -0.25) is 0 Å². The fraction of sp³-hybridized carbons (Fsp3) is 0.538. The van der Waals surface area contributed by atoms with Gasteiger partial charge in [-0.2, -0.15) is 0 Å². The standard InChI is InChI=1S/C13H15ClN2O2/c14-10-6-5-9(13(17)18)12(15-10)16-11(7-1-2-7)8-3-4-8/h5-8,11H,1-4H2,(H,15,16)(H,17,18). The summed E-state index contributed by atoms with van der Waals surface area (Å²) >= 11 is 5.85. The second-order valence-corrected chi connectivity index (χ2v) is 5.57. The Morgan fingerprint density at radius 3 is 2.44 bits per heavy atom. The van der Waals surface area contributed by atoms with Crippen LogP contribution in [0.25, 0.3) is 0 Å². The van der Waals surface area contributed by atoms with Gasteiger partial charge in [-0.1, -0.05) is 11.6 Å². The largest absolute Gasteiger partial charge is 0.478 e. The minimum atomic E-state index is -0.966. The van der Waals surface area contributed by atoms with Crippen LogP contribution in [0.4, 0.5) is 5.82 Å². The zero-order chi connectivity index (χ0) is 12.7. The van der Waals surface area contributed by atoms with Crippen molar-refractivity contribution < 1.29 is 9.90 Å². The number of nitrogens with one attached hydrogen (secondary N) is 1. The molecule has 0 spiro atoms. The van der Waals surface area contributed by atoms with Crippen LogP contribution in [0.5, 0.6) is 0 Å². The fourth-order valence-electron chi connectivity index (χ4n) is 2.41. The first kappa shape index (κ1) is 11.8. The van der Waals surface area contributed by atoms with E-state index in [-0.39, 0.29) is 5.56 Å². The van der Waals surface area contributed by atoms with Crippen molar-refractivity contribution in [1.82, 2.24) is 4.98 Å². The van der Waals surface area contributed by atoms with Gasteiger partial charge in [0.2, 0.25) is 0 Å². The number of carbonyl (C=O) groups is 1. The molecule has 0 unspecified atom stereocenters. The van der Waals surface area contributed by atoms with Gasteiger partial charge in [0, 0.05) is 6.04 Å². The van der Waals surface area contributed by atoms with Crippen LogP contribution in [0.3, 0.4) is 0 Å². The number of aromatic nitrogens is 1. The van der Waals surface area contributed by atoms with Gasteiger partial charge in [0.1, 0.15) is 16.5 Å². The summed E-state index contributed by atoms with van der Waals surface area (Å²) in [5.41, 5.74) is 0.200. The third-order valence-electron chi connectivity index (χ3n) is 3.65.